The van der Waals surface area contributed by atoms with Crippen LogP contribution in [0.1, 0.15) is 18.4 Å². The molecule has 3 heterocycles. The van der Waals surface area contributed by atoms with Crippen molar-refractivity contribution in [1.82, 2.24) is 15.3 Å². The summed E-state index contributed by atoms with van der Waals surface area (Å²) in [5, 5.41) is 5.53. The van der Waals surface area contributed by atoms with Gasteiger partial charge in [-0.15, -0.1) is 0 Å². The normalized spacial score (nSPS) is 13.9. The summed E-state index contributed by atoms with van der Waals surface area (Å²) < 4.78 is 0. The zero-order valence-corrected chi connectivity index (χ0v) is 12.3. The molecule has 6 heteroatoms. The molecule has 2 N–H and O–H groups in total. The van der Waals surface area contributed by atoms with Gasteiger partial charge < -0.3 is 15.5 Å². The van der Waals surface area contributed by atoms with Crippen LogP contribution in [0.25, 0.3) is 0 Å². The lowest BCUT2D eigenvalue weighted by atomic mass is 10.3. The van der Waals surface area contributed by atoms with Crippen molar-refractivity contribution in [2.75, 3.05) is 23.3 Å². The number of hydrogen-bond acceptors (Lipinski definition) is 4. The van der Waals surface area contributed by atoms with E-state index in [1.54, 1.807) is 24.5 Å². The molecule has 0 radical (unpaired) electrons. The number of pyridine rings is 2. The van der Waals surface area contributed by atoms with Crippen LogP contribution in [0.3, 0.4) is 0 Å². The number of rotatable bonds is 4. The van der Waals surface area contributed by atoms with Crippen LogP contribution >= 0.6 is 0 Å². The fourth-order valence-corrected chi connectivity index (χ4v) is 2.45. The van der Waals surface area contributed by atoms with Gasteiger partial charge in [-0.05, 0) is 36.6 Å². The molecule has 114 valence electrons. The fraction of sp³-hybridized carbons (Fsp3) is 0.312. The molecule has 2 aromatic heterocycles. The molecule has 2 amide bonds. The third-order valence-corrected chi connectivity index (χ3v) is 3.61. The Morgan fingerprint density at radius 2 is 2.05 bits per heavy atom. The van der Waals surface area contributed by atoms with E-state index in [4.69, 9.17) is 0 Å². The van der Waals surface area contributed by atoms with Gasteiger partial charge in [-0.25, -0.2) is 9.78 Å². The Bertz CT molecular complexity index is 608. The van der Waals surface area contributed by atoms with Crippen LogP contribution in [-0.4, -0.2) is 29.1 Å². The van der Waals surface area contributed by atoms with Crippen molar-refractivity contribution in [3.05, 3.63) is 48.4 Å². The summed E-state index contributed by atoms with van der Waals surface area (Å²) in [4.78, 5) is 22.5. The van der Waals surface area contributed by atoms with E-state index in [1.807, 2.05) is 18.3 Å². The van der Waals surface area contributed by atoms with Gasteiger partial charge in [0.1, 0.15) is 5.82 Å². The fourth-order valence-electron chi connectivity index (χ4n) is 2.45. The molecule has 6 nitrogen and oxygen atoms in total. The predicted molar refractivity (Wildman–Crippen MR) is 85.8 cm³/mol. The van der Waals surface area contributed by atoms with Crippen molar-refractivity contribution in [3.8, 4) is 0 Å². The molecule has 1 aliphatic rings. The highest BCUT2D eigenvalue weighted by Gasteiger charge is 2.13. The molecule has 0 atom stereocenters. The summed E-state index contributed by atoms with van der Waals surface area (Å²) in [7, 11) is 0. The molecule has 0 bridgehead atoms. The number of nitrogens with zero attached hydrogens (tertiary/aromatic N) is 3. The molecule has 1 fully saturated rings. The van der Waals surface area contributed by atoms with Gasteiger partial charge in [-0.3, -0.25) is 4.98 Å². The molecule has 1 aliphatic heterocycles. The summed E-state index contributed by atoms with van der Waals surface area (Å²) in [5.41, 5.74) is 1.65. The Morgan fingerprint density at radius 1 is 1.18 bits per heavy atom. The molecule has 3 rings (SSSR count). The molecule has 22 heavy (non-hydrogen) atoms. The van der Waals surface area contributed by atoms with E-state index in [2.05, 4.69) is 25.5 Å². The van der Waals surface area contributed by atoms with Crippen molar-refractivity contribution in [2.24, 2.45) is 0 Å². The Hall–Kier alpha value is -2.63. The Kier molecular flexibility index (Phi) is 4.48. The van der Waals surface area contributed by atoms with Crippen LogP contribution in [0.2, 0.25) is 0 Å². The van der Waals surface area contributed by atoms with Crippen molar-refractivity contribution >= 4 is 17.5 Å². The van der Waals surface area contributed by atoms with Crippen LogP contribution in [0, 0.1) is 0 Å². The van der Waals surface area contributed by atoms with Crippen LogP contribution in [0.5, 0.6) is 0 Å². The van der Waals surface area contributed by atoms with Crippen molar-refractivity contribution in [1.29, 1.82) is 0 Å². The minimum atomic E-state index is -0.253. The highest BCUT2D eigenvalue weighted by molar-refractivity contribution is 5.88. The number of nitrogens with one attached hydrogen (secondary N) is 2. The van der Waals surface area contributed by atoms with Crippen LogP contribution in [0.15, 0.2) is 42.9 Å². The van der Waals surface area contributed by atoms with Gasteiger partial charge in [-0.2, -0.15) is 0 Å². The molecule has 2 aromatic rings. The Morgan fingerprint density at radius 3 is 2.73 bits per heavy atom. The first-order chi connectivity index (χ1) is 10.8. The molecule has 0 aliphatic carbocycles. The Labute approximate surface area is 129 Å². The number of hydrogen-bond donors (Lipinski definition) is 2. The second-order valence-electron chi connectivity index (χ2n) is 5.27. The number of aromatic nitrogens is 2. The van der Waals surface area contributed by atoms with Crippen molar-refractivity contribution in [2.45, 2.75) is 19.4 Å². The van der Waals surface area contributed by atoms with E-state index in [0.717, 1.165) is 24.5 Å². The number of anilines is 2. The smallest absolute Gasteiger partial charge is 0.319 e. The molecular weight excluding hydrogens is 278 g/mol. The van der Waals surface area contributed by atoms with Crippen molar-refractivity contribution < 1.29 is 4.79 Å². The van der Waals surface area contributed by atoms with E-state index in [-0.39, 0.29) is 6.03 Å². The van der Waals surface area contributed by atoms with Gasteiger partial charge in [0.25, 0.3) is 0 Å². The second-order valence-corrected chi connectivity index (χ2v) is 5.27. The molecule has 0 unspecified atom stereocenters. The van der Waals surface area contributed by atoms with E-state index in [0.29, 0.717) is 12.2 Å². The third kappa shape index (κ3) is 3.72. The standard InChI is InChI=1S/C16H19N5O/c22-16(20-14-4-3-7-17-12-14)19-11-13-5-6-15(18-10-13)21-8-1-2-9-21/h3-7,10,12H,1-2,8-9,11H2,(H2,19,20,22). The summed E-state index contributed by atoms with van der Waals surface area (Å²) in [6.07, 6.45) is 7.56. The van der Waals surface area contributed by atoms with Gasteiger partial charge in [0.15, 0.2) is 0 Å². The zero-order chi connectivity index (χ0) is 15.2. The first-order valence-corrected chi connectivity index (χ1v) is 7.46. The van der Waals surface area contributed by atoms with Gasteiger partial charge in [0.05, 0.1) is 11.9 Å². The maximum Gasteiger partial charge on any atom is 0.319 e. The average Bonchev–Trinajstić information content (AvgIpc) is 3.09. The quantitative estimate of drug-likeness (QED) is 0.909. The molecular formula is C16H19N5O. The van der Waals surface area contributed by atoms with Gasteiger partial charge >= 0.3 is 6.03 Å². The second kappa shape index (κ2) is 6.89. The van der Waals surface area contributed by atoms with Crippen LogP contribution in [-0.2, 0) is 6.54 Å². The third-order valence-electron chi connectivity index (χ3n) is 3.61. The monoisotopic (exact) mass is 297 g/mol. The maximum atomic E-state index is 11.8. The summed E-state index contributed by atoms with van der Waals surface area (Å²) in [6.45, 7) is 2.61. The minimum Gasteiger partial charge on any atom is -0.357 e. The molecule has 0 aromatic carbocycles. The Balaban J connectivity index is 1.49. The van der Waals surface area contributed by atoms with Crippen LogP contribution < -0.4 is 15.5 Å². The molecule has 1 saturated heterocycles. The topological polar surface area (TPSA) is 70.2 Å². The lowest BCUT2D eigenvalue weighted by molar-refractivity contribution is 0.251. The first kappa shape index (κ1) is 14.3. The number of carbonyl (C=O) groups excluding carboxylic acids is 1. The van der Waals surface area contributed by atoms with Crippen LogP contribution in [0.4, 0.5) is 16.3 Å². The number of urea groups is 1. The maximum absolute atomic E-state index is 11.8. The zero-order valence-electron chi connectivity index (χ0n) is 12.3. The summed E-state index contributed by atoms with van der Waals surface area (Å²) >= 11 is 0. The molecule has 0 spiro atoms. The minimum absolute atomic E-state index is 0.253. The predicted octanol–water partition coefficient (Wildman–Crippen LogP) is 2.40. The first-order valence-electron chi connectivity index (χ1n) is 7.46. The number of amides is 2. The summed E-state index contributed by atoms with van der Waals surface area (Å²) in [6, 6.07) is 7.33. The van der Waals surface area contributed by atoms with Gasteiger partial charge in [0.2, 0.25) is 0 Å². The van der Waals surface area contributed by atoms with E-state index in [9.17, 15) is 4.79 Å². The average molecular weight is 297 g/mol. The van der Waals surface area contributed by atoms with E-state index >= 15 is 0 Å². The summed E-state index contributed by atoms with van der Waals surface area (Å²) in [5.74, 6) is 1.01. The van der Waals surface area contributed by atoms with E-state index in [1.165, 1.54) is 12.8 Å². The van der Waals surface area contributed by atoms with Gasteiger partial charge in [-0.1, -0.05) is 6.07 Å². The lowest BCUT2D eigenvalue weighted by Gasteiger charge is -2.16. The largest absolute Gasteiger partial charge is 0.357 e. The highest BCUT2D eigenvalue weighted by atomic mass is 16.2. The SMILES string of the molecule is O=C(NCc1ccc(N2CCCC2)nc1)Nc1cccnc1. The highest BCUT2D eigenvalue weighted by Crippen LogP contribution is 2.17. The molecule has 0 saturated carbocycles. The van der Waals surface area contributed by atoms with Crippen molar-refractivity contribution in [3.63, 3.8) is 0 Å². The number of carbonyl (C=O) groups is 1. The van der Waals surface area contributed by atoms with Gasteiger partial charge in [0, 0.05) is 32.0 Å². The lowest BCUT2D eigenvalue weighted by Crippen LogP contribution is -2.28. The van der Waals surface area contributed by atoms with E-state index < -0.39 is 0 Å².